The molecule has 0 aromatic heterocycles. The first kappa shape index (κ1) is 21.1. The Balaban J connectivity index is 2.17. The maximum Gasteiger partial charge on any atom is 0.261 e. The Morgan fingerprint density at radius 3 is 2.48 bits per heavy atom. The molecule has 2 aromatic carbocycles. The average Bonchev–Trinajstić information content (AvgIpc) is 2.66. The summed E-state index contributed by atoms with van der Waals surface area (Å²) in [6.45, 7) is 3.97. The van der Waals surface area contributed by atoms with E-state index in [1.54, 1.807) is 37.3 Å². The fourth-order valence-electron chi connectivity index (χ4n) is 2.48. The second kappa shape index (κ2) is 10.2. The van der Waals surface area contributed by atoms with E-state index in [2.05, 4.69) is 5.32 Å². The van der Waals surface area contributed by atoms with Crippen molar-refractivity contribution in [1.82, 2.24) is 10.2 Å². The molecule has 27 heavy (non-hydrogen) atoms. The van der Waals surface area contributed by atoms with Crippen molar-refractivity contribution in [3.05, 3.63) is 64.1 Å². The summed E-state index contributed by atoms with van der Waals surface area (Å²) in [6, 6.07) is 13.4. The molecule has 5 nitrogen and oxygen atoms in total. The van der Waals surface area contributed by atoms with Crippen molar-refractivity contribution in [2.24, 2.45) is 0 Å². The SMILES string of the molecule is CCNC(=O)[C@H](C)N(Cc1ccc(Cl)cc1Cl)C(=O)COc1ccccc1. The van der Waals surface area contributed by atoms with E-state index in [0.29, 0.717) is 27.9 Å². The molecule has 2 rings (SSSR count). The van der Waals surface area contributed by atoms with E-state index in [9.17, 15) is 9.59 Å². The van der Waals surface area contributed by atoms with Crippen molar-refractivity contribution < 1.29 is 14.3 Å². The third kappa shape index (κ3) is 6.15. The molecule has 0 aliphatic carbocycles. The van der Waals surface area contributed by atoms with Crippen LogP contribution in [0.3, 0.4) is 0 Å². The number of hydrogen-bond donors (Lipinski definition) is 1. The third-order valence-corrected chi connectivity index (χ3v) is 4.57. The molecule has 0 spiro atoms. The van der Waals surface area contributed by atoms with Crippen molar-refractivity contribution in [2.45, 2.75) is 26.4 Å². The van der Waals surface area contributed by atoms with Gasteiger partial charge in [-0.05, 0) is 43.7 Å². The molecule has 2 amide bonds. The molecule has 0 fully saturated rings. The summed E-state index contributed by atoms with van der Waals surface area (Å²) in [4.78, 5) is 26.5. The van der Waals surface area contributed by atoms with Crippen LogP contribution in [0, 0.1) is 0 Å². The highest BCUT2D eigenvalue weighted by atomic mass is 35.5. The van der Waals surface area contributed by atoms with Gasteiger partial charge in [-0.25, -0.2) is 0 Å². The lowest BCUT2D eigenvalue weighted by Crippen LogP contribution is -2.49. The smallest absolute Gasteiger partial charge is 0.261 e. The second-order valence-electron chi connectivity index (χ2n) is 5.93. The lowest BCUT2D eigenvalue weighted by atomic mass is 10.1. The van der Waals surface area contributed by atoms with Gasteiger partial charge in [-0.1, -0.05) is 47.5 Å². The monoisotopic (exact) mass is 408 g/mol. The van der Waals surface area contributed by atoms with Gasteiger partial charge in [0.2, 0.25) is 5.91 Å². The van der Waals surface area contributed by atoms with Crippen LogP contribution in [0.25, 0.3) is 0 Å². The van der Waals surface area contributed by atoms with Crippen LogP contribution in [-0.4, -0.2) is 35.9 Å². The van der Waals surface area contributed by atoms with Crippen LogP contribution in [0.15, 0.2) is 48.5 Å². The third-order valence-electron chi connectivity index (χ3n) is 3.98. The molecule has 1 atom stereocenters. The number of carbonyl (C=O) groups excluding carboxylic acids is 2. The highest BCUT2D eigenvalue weighted by Gasteiger charge is 2.26. The van der Waals surface area contributed by atoms with Crippen molar-refractivity contribution in [2.75, 3.05) is 13.2 Å². The van der Waals surface area contributed by atoms with Gasteiger partial charge in [0.25, 0.3) is 5.91 Å². The Bertz CT molecular complexity index is 784. The number of nitrogens with zero attached hydrogens (tertiary/aromatic N) is 1. The number of rotatable bonds is 8. The lowest BCUT2D eigenvalue weighted by molar-refractivity contribution is -0.142. The number of benzene rings is 2. The summed E-state index contributed by atoms with van der Waals surface area (Å²) >= 11 is 12.2. The minimum absolute atomic E-state index is 0.172. The summed E-state index contributed by atoms with van der Waals surface area (Å²) in [5, 5.41) is 3.68. The Labute approximate surface area is 169 Å². The van der Waals surface area contributed by atoms with Gasteiger partial charge in [0, 0.05) is 23.1 Å². The van der Waals surface area contributed by atoms with Crippen LogP contribution < -0.4 is 10.1 Å². The van der Waals surface area contributed by atoms with Crippen molar-refractivity contribution in [3.63, 3.8) is 0 Å². The van der Waals surface area contributed by atoms with Crippen LogP contribution in [0.4, 0.5) is 0 Å². The highest BCUT2D eigenvalue weighted by Crippen LogP contribution is 2.23. The molecule has 1 N–H and O–H groups in total. The van der Waals surface area contributed by atoms with E-state index in [1.165, 1.54) is 4.90 Å². The van der Waals surface area contributed by atoms with E-state index < -0.39 is 6.04 Å². The molecule has 0 aliphatic heterocycles. The Kier molecular flexibility index (Phi) is 7.95. The van der Waals surface area contributed by atoms with Crippen LogP contribution in [0.1, 0.15) is 19.4 Å². The normalized spacial score (nSPS) is 11.6. The number of carbonyl (C=O) groups is 2. The summed E-state index contributed by atoms with van der Waals surface area (Å²) < 4.78 is 5.55. The molecular formula is C20H22Cl2N2O3. The van der Waals surface area contributed by atoms with Crippen molar-refractivity contribution in [3.8, 4) is 5.75 Å². The van der Waals surface area contributed by atoms with E-state index >= 15 is 0 Å². The molecule has 0 saturated carbocycles. The fourth-order valence-corrected chi connectivity index (χ4v) is 2.95. The summed E-state index contributed by atoms with van der Waals surface area (Å²) in [6.07, 6.45) is 0. The molecular weight excluding hydrogens is 387 g/mol. The van der Waals surface area contributed by atoms with Crippen molar-refractivity contribution >= 4 is 35.0 Å². The van der Waals surface area contributed by atoms with E-state index in [4.69, 9.17) is 27.9 Å². The molecule has 144 valence electrons. The van der Waals surface area contributed by atoms with E-state index in [0.717, 1.165) is 0 Å². The van der Waals surface area contributed by atoms with Gasteiger partial charge >= 0.3 is 0 Å². The summed E-state index contributed by atoms with van der Waals surface area (Å²) in [5.41, 5.74) is 0.699. The number of nitrogens with one attached hydrogen (secondary N) is 1. The fraction of sp³-hybridized carbons (Fsp3) is 0.300. The quantitative estimate of drug-likeness (QED) is 0.719. The largest absolute Gasteiger partial charge is 0.484 e. The zero-order valence-corrected chi connectivity index (χ0v) is 16.8. The molecule has 0 bridgehead atoms. The molecule has 0 heterocycles. The first-order valence-electron chi connectivity index (χ1n) is 8.61. The number of ether oxygens (including phenoxy) is 1. The highest BCUT2D eigenvalue weighted by molar-refractivity contribution is 6.35. The van der Waals surface area contributed by atoms with Gasteiger partial charge < -0.3 is 15.0 Å². The minimum atomic E-state index is -0.677. The van der Waals surface area contributed by atoms with E-state index in [1.807, 2.05) is 25.1 Å². The molecule has 2 aromatic rings. The Morgan fingerprint density at radius 1 is 1.15 bits per heavy atom. The van der Waals surface area contributed by atoms with Gasteiger partial charge in [-0.2, -0.15) is 0 Å². The average molecular weight is 409 g/mol. The van der Waals surface area contributed by atoms with Gasteiger partial charge in [0.15, 0.2) is 6.61 Å². The summed E-state index contributed by atoms with van der Waals surface area (Å²) in [5.74, 6) is 0.0280. The van der Waals surface area contributed by atoms with Gasteiger partial charge in [-0.3, -0.25) is 9.59 Å². The molecule has 0 aliphatic rings. The maximum absolute atomic E-state index is 12.8. The number of likely N-dealkylation sites (N-methyl/N-ethyl adjacent to an activating group) is 1. The second-order valence-corrected chi connectivity index (χ2v) is 6.77. The number of hydrogen-bond acceptors (Lipinski definition) is 3. The number of amides is 2. The number of para-hydroxylation sites is 1. The molecule has 0 saturated heterocycles. The van der Waals surface area contributed by atoms with Gasteiger partial charge in [0.1, 0.15) is 11.8 Å². The summed E-state index contributed by atoms with van der Waals surface area (Å²) in [7, 11) is 0. The zero-order chi connectivity index (χ0) is 19.8. The topological polar surface area (TPSA) is 58.6 Å². The van der Waals surface area contributed by atoms with Crippen LogP contribution >= 0.6 is 23.2 Å². The molecule has 7 heteroatoms. The van der Waals surface area contributed by atoms with Crippen LogP contribution in [0.2, 0.25) is 10.0 Å². The maximum atomic E-state index is 12.8. The standard InChI is InChI=1S/C20H22Cl2N2O3/c1-3-23-20(26)14(2)24(12-15-9-10-16(21)11-18(15)22)19(25)13-27-17-7-5-4-6-8-17/h4-11,14H,3,12-13H2,1-2H3,(H,23,26)/t14-/m0/s1. The van der Waals surface area contributed by atoms with Crippen LogP contribution in [0.5, 0.6) is 5.75 Å². The first-order valence-corrected chi connectivity index (χ1v) is 9.37. The Hall–Kier alpha value is -2.24. The van der Waals surface area contributed by atoms with Gasteiger partial charge in [-0.15, -0.1) is 0 Å². The predicted molar refractivity (Wildman–Crippen MR) is 107 cm³/mol. The minimum Gasteiger partial charge on any atom is -0.484 e. The Morgan fingerprint density at radius 2 is 1.85 bits per heavy atom. The lowest BCUT2D eigenvalue weighted by Gasteiger charge is -2.29. The van der Waals surface area contributed by atoms with E-state index in [-0.39, 0.29) is 25.0 Å². The first-order chi connectivity index (χ1) is 12.9. The van der Waals surface area contributed by atoms with Crippen molar-refractivity contribution in [1.29, 1.82) is 0 Å². The molecule has 0 radical (unpaired) electrons. The van der Waals surface area contributed by atoms with Crippen LogP contribution in [-0.2, 0) is 16.1 Å². The number of halogens is 2. The van der Waals surface area contributed by atoms with Gasteiger partial charge in [0.05, 0.1) is 0 Å². The zero-order valence-electron chi connectivity index (χ0n) is 15.2. The predicted octanol–water partition coefficient (Wildman–Crippen LogP) is 3.93. The molecule has 0 unspecified atom stereocenters.